The van der Waals surface area contributed by atoms with Crippen LogP contribution >= 0.6 is 0 Å². The first-order valence-electron chi connectivity index (χ1n) is 7.86. The molecule has 0 aliphatic carbocycles. The van der Waals surface area contributed by atoms with E-state index in [9.17, 15) is 4.79 Å². The lowest BCUT2D eigenvalue weighted by atomic mass is 10.1. The first kappa shape index (κ1) is 15.3. The molecule has 1 amide bonds. The van der Waals surface area contributed by atoms with E-state index < -0.39 is 0 Å². The summed E-state index contributed by atoms with van der Waals surface area (Å²) in [6.45, 7) is 5.27. The third-order valence-electron chi connectivity index (χ3n) is 4.24. The lowest BCUT2D eigenvalue weighted by Gasteiger charge is -2.21. The Morgan fingerprint density at radius 2 is 1.91 bits per heavy atom. The Morgan fingerprint density at radius 1 is 1.17 bits per heavy atom. The molecule has 0 fully saturated rings. The minimum atomic E-state index is 0.0431. The van der Waals surface area contributed by atoms with Crippen molar-refractivity contribution in [2.24, 2.45) is 7.05 Å². The second-order valence-corrected chi connectivity index (χ2v) is 5.73. The van der Waals surface area contributed by atoms with Gasteiger partial charge in [-0.1, -0.05) is 30.3 Å². The largest absolute Gasteiger partial charge is 0.335 e. The van der Waals surface area contributed by atoms with Gasteiger partial charge in [0.15, 0.2) is 0 Å². The predicted octanol–water partition coefficient (Wildman–Crippen LogP) is 3.54. The van der Waals surface area contributed by atoms with Crippen LogP contribution in [0.15, 0.2) is 48.5 Å². The van der Waals surface area contributed by atoms with Crippen molar-refractivity contribution in [3.8, 4) is 0 Å². The van der Waals surface area contributed by atoms with Crippen molar-refractivity contribution in [3.63, 3.8) is 0 Å². The van der Waals surface area contributed by atoms with Crippen molar-refractivity contribution in [2.75, 3.05) is 6.54 Å². The number of fused-ring (bicyclic) bond motifs is 1. The Bertz CT molecular complexity index is 836. The van der Waals surface area contributed by atoms with Gasteiger partial charge in [-0.05, 0) is 37.6 Å². The van der Waals surface area contributed by atoms with E-state index in [1.165, 1.54) is 0 Å². The zero-order valence-electron chi connectivity index (χ0n) is 13.8. The molecule has 4 nitrogen and oxygen atoms in total. The minimum absolute atomic E-state index is 0.0431. The van der Waals surface area contributed by atoms with Crippen LogP contribution < -0.4 is 0 Å². The van der Waals surface area contributed by atoms with Crippen molar-refractivity contribution in [1.82, 2.24) is 14.5 Å². The first-order chi connectivity index (χ1) is 11.1. The van der Waals surface area contributed by atoms with E-state index >= 15 is 0 Å². The third kappa shape index (κ3) is 2.97. The zero-order chi connectivity index (χ0) is 16.4. The molecular weight excluding hydrogens is 286 g/mol. The second kappa shape index (κ2) is 6.24. The fourth-order valence-corrected chi connectivity index (χ4v) is 2.77. The lowest BCUT2D eigenvalue weighted by molar-refractivity contribution is 0.0752. The number of rotatable bonds is 4. The van der Waals surface area contributed by atoms with Crippen LogP contribution in [0.2, 0.25) is 0 Å². The van der Waals surface area contributed by atoms with Crippen LogP contribution in [0.4, 0.5) is 0 Å². The SMILES string of the molecule is CCN(Cc1ccccc1)C(=O)c1ccc2c(c1)nc(C)n2C. The maximum atomic E-state index is 12.8. The molecule has 0 aliphatic heterocycles. The van der Waals surface area contributed by atoms with Gasteiger partial charge in [0.1, 0.15) is 5.82 Å². The number of aromatic nitrogens is 2. The number of nitrogens with zero attached hydrogens (tertiary/aromatic N) is 3. The molecule has 4 heteroatoms. The Hall–Kier alpha value is -2.62. The Kier molecular flexibility index (Phi) is 4.15. The quantitative estimate of drug-likeness (QED) is 0.739. The van der Waals surface area contributed by atoms with Gasteiger partial charge >= 0.3 is 0 Å². The molecule has 3 rings (SSSR count). The Balaban J connectivity index is 1.88. The highest BCUT2D eigenvalue weighted by molar-refractivity contribution is 5.97. The maximum Gasteiger partial charge on any atom is 0.254 e. The van der Waals surface area contributed by atoms with Crippen molar-refractivity contribution in [1.29, 1.82) is 0 Å². The highest BCUT2D eigenvalue weighted by Crippen LogP contribution is 2.18. The summed E-state index contributed by atoms with van der Waals surface area (Å²) in [4.78, 5) is 19.2. The van der Waals surface area contributed by atoms with E-state index in [-0.39, 0.29) is 5.91 Å². The fourth-order valence-electron chi connectivity index (χ4n) is 2.77. The molecule has 23 heavy (non-hydrogen) atoms. The predicted molar refractivity (Wildman–Crippen MR) is 92.3 cm³/mol. The monoisotopic (exact) mass is 307 g/mol. The molecule has 0 saturated heterocycles. The molecule has 118 valence electrons. The molecule has 0 atom stereocenters. The Labute approximate surface area is 136 Å². The van der Waals surface area contributed by atoms with Crippen molar-refractivity contribution in [3.05, 3.63) is 65.5 Å². The van der Waals surface area contributed by atoms with Gasteiger partial charge < -0.3 is 9.47 Å². The van der Waals surface area contributed by atoms with Crippen LogP contribution in [0.3, 0.4) is 0 Å². The van der Waals surface area contributed by atoms with Gasteiger partial charge in [0.2, 0.25) is 0 Å². The summed E-state index contributed by atoms with van der Waals surface area (Å²) >= 11 is 0. The number of carbonyl (C=O) groups excluding carboxylic acids is 1. The molecular formula is C19H21N3O. The average Bonchev–Trinajstić information content (AvgIpc) is 2.87. The second-order valence-electron chi connectivity index (χ2n) is 5.73. The van der Waals surface area contributed by atoms with Crippen LogP contribution in [0.1, 0.15) is 28.7 Å². The van der Waals surface area contributed by atoms with E-state index in [4.69, 9.17) is 0 Å². The summed E-state index contributed by atoms with van der Waals surface area (Å²) in [5.41, 5.74) is 3.74. The van der Waals surface area contributed by atoms with Crippen LogP contribution in [-0.2, 0) is 13.6 Å². The molecule has 3 aromatic rings. The van der Waals surface area contributed by atoms with E-state index in [0.29, 0.717) is 18.7 Å². The van der Waals surface area contributed by atoms with E-state index in [1.54, 1.807) is 0 Å². The number of amides is 1. The molecule has 0 radical (unpaired) electrons. The molecule has 1 aromatic heterocycles. The van der Waals surface area contributed by atoms with Gasteiger partial charge in [0.25, 0.3) is 5.91 Å². The van der Waals surface area contributed by atoms with E-state index in [0.717, 1.165) is 22.4 Å². The normalized spacial score (nSPS) is 10.9. The average molecular weight is 307 g/mol. The van der Waals surface area contributed by atoms with E-state index in [2.05, 4.69) is 4.98 Å². The highest BCUT2D eigenvalue weighted by Gasteiger charge is 2.16. The van der Waals surface area contributed by atoms with Crippen LogP contribution in [0, 0.1) is 6.92 Å². The molecule has 0 bridgehead atoms. The molecule has 0 spiro atoms. The van der Waals surface area contributed by atoms with Gasteiger partial charge in [0.05, 0.1) is 11.0 Å². The highest BCUT2D eigenvalue weighted by atomic mass is 16.2. The molecule has 0 unspecified atom stereocenters. The zero-order valence-corrected chi connectivity index (χ0v) is 13.8. The number of carbonyl (C=O) groups is 1. The number of hydrogen-bond donors (Lipinski definition) is 0. The number of hydrogen-bond acceptors (Lipinski definition) is 2. The summed E-state index contributed by atoms with van der Waals surface area (Å²) in [7, 11) is 1.99. The van der Waals surface area contributed by atoms with Crippen LogP contribution in [0.5, 0.6) is 0 Å². The number of benzene rings is 2. The van der Waals surface area contributed by atoms with Crippen LogP contribution in [-0.4, -0.2) is 26.9 Å². The van der Waals surface area contributed by atoms with Crippen molar-refractivity contribution in [2.45, 2.75) is 20.4 Å². The summed E-state index contributed by atoms with van der Waals surface area (Å²) in [6.07, 6.45) is 0. The minimum Gasteiger partial charge on any atom is -0.335 e. The summed E-state index contributed by atoms with van der Waals surface area (Å²) < 4.78 is 2.03. The lowest BCUT2D eigenvalue weighted by Crippen LogP contribution is -2.30. The fraction of sp³-hybridized carbons (Fsp3) is 0.263. The summed E-state index contributed by atoms with van der Waals surface area (Å²) in [5, 5.41) is 0. The first-order valence-corrected chi connectivity index (χ1v) is 7.86. The molecule has 2 aromatic carbocycles. The number of aryl methyl sites for hydroxylation is 2. The van der Waals surface area contributed by atoms with Gasteiger partial charge in [0, 0.05) is 25.7 Å². The van der Waals surface area contributed by atoms with Crippen LogP contribution in [0.25, 0.3) is 11.0 Å². The molecule has 0 N–H and O–H groups in total. The molecule has 0 saturated carbocycles. The third-order valence-corrected chi connectivity index (χ3v) is 4.24. The maximum absolute atomic E-state index is 12.8. The number of imidazole rings is 1. The van der Waals surface area contributed by atoms with Gasteiger partial charge in [-0.2, -0.15) is 0 Å². The van der Waals surface area contributed by atoms with Crippen molar-refractivity contribution >= 4 is 16.9 Å². The summed E-state index contributed by atoms with van der Waals surface area (Å²) in [5.74, 6) is 0.989. The van der Waals surface area contributed by atoms with Gasteiger partial charge in [-0.3, -0.25) is 4.79 Å². The molecule has 1 heterocycles. The van der Waals surface area contributed by atoms with Crippen molar-refractivity contribution < 1.29 is 4.79 Å². The molecule has 0 aliphatic rings. The topological polar surface area (TPSA) is 38.1 Å². The van der Waals surface area contributed by atoms with E-state index in [1.807, 2.05) is 78.9 Å². The summed E-state index contributed by atoms with van der Waals surface area (Å²) in [6, 6.07) is 15.8. The Morgan fingerprint density at radius 3 is 2.61 bits per heavy atom. The smallest absolute Gasteiger partial charge is 0.254 e. The van der Waals surface area contributed by atoms with Gasteiger partial charge in [-0.25, -0.2) is 4.98 Å². The standard InChI is InChI=1S/C19H21N3O/c1-4-22(13-15-8-6-5-7-9-15)19(23)16-10-11-18-17(12-16)20-14(2)21(18)3/h5-12H,4,13H2,1-3H3. The van der Waals surface area contributed by atoms with Gasteiger partial charge in [-0.15, -0.1) is 0 Å².